The molecule has 0 aliphatic heterocycles. The molecule has 0 heterocycles. The molecule has 3 N–H and O–H groups in total. The minimum Gasteiger partial charge on any atom is -0.374 e. The molecule has 1 unspecified atom stereocenters. The van der Waals surface area contributed by atoms with Gasteiger partial charge in [0.1, 0.15) is 11.6 Å². The minimum atomic E-state index is -0.752. The van der Waals surface area contributed by atoms with E-state index in [0.29, 0.717) is 29.2 Å². The van der Waals surface area contributed by atoms with Crippen LogP contribution in [-0.2, 0) is 9.59 Å². The largest absolute Gasteiger partial charge is 0.374 e. The molecular weight excluding hydrogens is 340 g/mol. The molecule has 1 atom stereocenters. The summed E-state index contributed by atoms with van der Waals surface area (Å²) >= 11 is 6.14. The van der Waals surface area contributed by atoms with E-state index in [9.17, 15) is 14.9 Å². The number of benzene rings is 1. The van der Waals surface area contributed by atoms with Crippen LogP contribution in [0.4, 0.5) is 11.4 Å². The van der Waals surface area contributed by atoms with Gasteiger partial charge in [-0.25, -0.2) is 0 Å². The van der Waals surface area contributed by atoms with Crippen LogP contribution in [0.5, 0.6) is 0 Å². The Morgan fingerprint density at radius 3 is 2.52 bits per heavy atom. The molecule has 1 aliphatic rings. The van der Waals surface area contributed by atoms with Crippen molar-refractivity contribution >= 4 is 34.8 Å². The Hall–Kier alpha value is -2.26. The Morgan fingerprint density at radius 2 is 1.96 bits per heavy atom. The number of nitrogens with zero attached hydrogens (tertiary/aromatic N) is 1. The van der Waals surface area contributed by atoms with Gasteiger partial charge >= 0.3 is 0 Å². The van der Waals surface area contributed by atoms with Crippen LogP contribution >= 0.6 is 11.6 Å². The highest BCUT2D eigenvalue weighted by molar-refractivity contribution is 6.34. The Balaban J connectivity index is 2.00. The van der Waals surface area contributed by atoms with Crippen LogP contribution in [0.2, 0.25) is 5.02 Å². The van der Waals surface area contributed by atoms with Gasteiger partial charge in [-0.1, -0.05) is 30.9 Å². The van der Waals surface area contributed by atoms with Crippen LogP contribution in [-0.4, -0.2) is 23.4 Å². The molecule has 1 aromatic carbocycles. The number of hydrogen-bond donors (Lipinski definition) is 3. The van der Waals surface area contributed by atoms with Gasteiger partial charge in [0.25, 0.3) is 0 Å². The van der Waals surface area contributed by atoms with Gasteiger partial charge in [-0.15, -0.1) is 0 Å². The van der Waals surface area contributed by atoms with E-state index in [1.807, 2.05) is 0 Å². The number of nitrogens with one attached hydrogen (secondary N) is 3. The normalized spacial score (nSPS) is 17.0. The van der Waals surface area contributed by atoms with Crippen molar-refractivity contribution in [2.24, 2.45) is 0 Å². The van der Waals surface area contributed by atoms with Crippen molar-refractivity contribution in [3.63, 3.8) is 0 Å². The van der Waals surface area contributed by atoms with E-state index >= 15 is 0 Å². The average Bonchev–Trinajstić information content (AvgIpc) is 2.57. The highest BCUT2D eigenvalue weighted by Crippen LogP contribution is 2.28. The first-order valence-corrected chi connectivity index (χ1v) is 8.80. The molecule has 0 spiro atoms. The Morgan fingerprint density at radius 1 is 1.28 bits per heavy atom. The maximum atomic E-state index is 12.5. The molecule has 6 nitrogen and oxygen atoms in total. The fourth-order valence-corrected chi connectivity index (χ4v) is 3.20. The number of hydrogen-bond acceptors (Lipinski definition) is 4. The lowest BCUT2D eigenvalue weighted by Crippen LogP contribution is -2.52. The van der Waals surface area contributed by atoms with Gasteiger partial charge in [0.2, 0.25) is 11.8 Å². The predicted octanol–water partition coefficient (Wildman–Crippen LogP) is 3.44. The molecule has 1 fully saturated rings. The highest BCUT2D eigenvalue weighted by Gasteiger charge is 2.34. The van der Waals surface area contributed by atoms with E-state index in [4.69, 9.17) is 11.6 Å². The summed E-state index contributed by atoms with van der Waals surface area (Å²) in [6.07, 6.45) is 4.40. The zero-order valence-electron chi connectivity index (χ0n) is 14.5. The van der Waals surface area contributed by atoms with E-state index in [1.54, 1.807) is 25.1 Å². The molecule has 2 rings (SSSR count). The molecule has 0 saturated heterocycles. The first-order chi connectivity index (χ1) is 11.8. The number of halogens is 1. The van der Waals surface area contributed by atoms with Crippen molar-refractivity contribution in [3.8, 4) is 6.07 Å². The van der Waals surface area contributed by atoms with Gasteiger partial charge in [-0.05, 0) is 38.0 Å². The van der Waals surface area contributed by atoms with E-state index < -0.39 is 11.6 Å². The molecular formula is C18H23ClN4O2. The summed E-state index contributed by atoms with van der Waals surface area (Å²) in [4.78, 5) is 23.6. The van der Waals surface area contributed by atoms with Crippen molar-refractivity contribution < 1.29 is 9.59 Å². The number of rotatable bonds is 5. The van der Waals surface area contributed by atoms with Crippen molar-refractivity contribution in [1.82, 2.24) is 5.32 Å². The highest BCUT2D eigenvalue weighted by atomic mass is 35.5. The molecule has 0 bridgehead atoms. The number of carbonyl (C=O) groups excluding carboxylic acids is 2. The average molecular weight is 363 g/mol. The van der Waals surface area contributed by atoms with Crippen molar-refractivity contribution in [2.75, 3.05) is 10.6 Å². The third kappa shape index (κ3) is 5.10. The Labute approximate surface area is 152 Å². The SMILES string of the molecule is CC(=O)Nc1ccc(NC(C)C(=O)NC2(C#N)CCCCC2)cc1Cl. The molecule has 0 aromatic heterocycles. The van der Waals surface area contributed by atoms with Crippen LogP contribution < -0.4 is 16.0 Å². The third-order valence-corrected chi connectivity index (χ3v) is 4.65. The quantitative estimate of drug-likeness (QED) is 0.747. The van der Waals surface area contributed by atoms with Crippen LogP contribution in [0, 0.1) is 11.3 Å². The standard InChI is InChI=1S/C18H23ClN4O2/c1-12(17(25)23-18(11-20)8-4-3-5-9-18)21-14-6-7-16(15(19)10-14)22-13(2)24/h6-7,10,12,21H,3-5,8-9H2,1-2H3,(H,22,24)(H,23,25). The zero-order valence-corrected chi connectivity index (χ0v) is 15.2. The lowest BCUT2D eigenvalue weighted by molar-refractivity contribution is -0.123. The van der Waals surface area contributed by atoms with Crippen molar-refractivity contribution in [2.45, 2.75) is 57.5 Å². The van der Waals surface area contributed by atoms with Gasteiger partial charge in [0.05, 0.1) is 16.8 Å². The molecule has 1 aromatic rings. The summed E-state index contributed by atoms with van der Waals surface area (Å²) in [5, 5.41) is 18.5. The van der Waals surface area contributed by atoms with Crippen LogP contribution in [0.1, 0.15) is 46.0 Å². The topological polar surface area (TPSA) is 94.0 Å². The number of amides is 2. The monoisotopic (exact) mass is 362 g/mol. The van der Waals surface area contributed by atoms with Crippen molar-refractivity contribution in [1.29, 1.82) is 5.26 Å². The fourth-order valence-electron chi connectivity index (χ4n) is 2.98. The smallest absolute Gasteiger partial charge is 0.243 e. The van der Waals surface area contributed by atoms with Crippen LogP contribution in [0.25, 0.3) is 0 Å². The number of anilines is 2. The van der Waals surface area contributed by atoms with E-state index in [2.05, 4.69) is 22.0 Å². The summed E-state index contributed by atoms with van der Waals surface area (Å²) in [6, 6.07) is 6.83. The molecule has 25 heavy (non-hydrogen) atoms. The van der Waals surface area contributed by atoms with Crippen LogP contribution in [0.3, 0.4) is 0 Å². The lowest BCUT2D eigenvalue weighted by Gasteiger charge is -2.32. The summed E-state index contributed by atoms with van der Waals surface area (Å²) < 4.78 is 0. The van der Waals surface area contributed by atoms with E-state index in [-0.39, 0.29) is 11.8 Å². The van der Waals surface area contributed by atoms with E-state index in [1.165, 1.54) is 6.92 Å². The number of carbonyl (C=O) groups is 2. The molecule has 7 heteroatoms. The zero-order chi connectivity index (χ0) is 18.4. The first kappa shape index (κ1) is 19.1. The number of nitriles is 1. The van der Waals surface area contributed by atoms with Crippen molar-refractivity contribution in [3.05, 3.63) is 23.2 Å². The van der Waals surface area contributed by atoms with Gasteiger partial charge in [0.15, 0.2) is 0 Å². The minimum absolute atomic E-state index is 0.204. The third-order valence-electron chi connectivity index (χ3n) is 4.34. The van der Waals surface area contributed by atoms with Gasteiger partial charge in [0, 0.05) is 12.6 Å². The fraction of sp³-hybridized carbons (Fsp3) is 0.500. The maximum absolute atomic E-state index is 12.5. The lowest BCUT2D eigenvalue weighted by atomic mass is 9.82. The molecule has 134 valence electrons. The summed E-state index contributed by atoms with van der Waals surface area (Å²) in [5.74, 6) is -0.421. The van der Waals surface area contributed by atoms with Gasteiger partial charge in [-0.3, -0.25) is 9.59 Å². The summed E-state index contributed by atoms with van der Waals surface area (Å²) in [5.41, 5.74) is 0.428. The maximum Gasteiger partial charge on any atom is 0.243 e. The van der Waals surface area contributed by atoms with E-state index in [0.717, 1.165) is 19.3 Å². The summed E-state index contributed by atoms with van der Waals surface area (Å²) in [7, 11) is 0. The Bertz CT molecular complexity index is 693. The molecule has 1 aliphatic carbocycles. The molecule has 1 saturated carbocycles. The molecule has 0 radical (unpaired) electrons. The second-order valence-corrected chi connectivity index (χ2v) is 6.89. The Kier molecular flexibility index (Phi) is 6.27. The second-order valence-electron chi connectivity index (χ2n) is 6.49. The predicted molar refractivity (Wildman–Crippen MR) is 98.4 cm³/mol. The second kappa shape index (κ2) is 8.21. The summed E-state index contributed by atoms with van der Waals surface area (Å²) in [6.45, 7) is 3.14. The van der Waals surface area contributed by atoms with Gasteiger partial charge in [-0.2, -0.15) is 5.26 Å². The van der Waals surface area contributed by atoms with Crippen LogP contribution in [0.15, 0.2) is 18.2 Å². The van der Waals surface area contributed by atoms with Gasteiger partial charge < -0.3 is 16.0 Å². The first-order valence-electron chi connectivity index (χ1n) is 8.42. The molecule has 2 amide bonds.